The van der Waals surface area contributed by atoms with E-state index in [4.69, 9.17) is 15.2 Å². The molecular weight excluding hydrogens is 276 g/mol. The Morgan fingerprint density at radius 1 is 1.32 bits per heavy atom. The zero-order valence-corrected chi connectivity index (χ0v) is 14.2. The molecule has 4 nitrogen and oxygen atoms in total. The molecule has 1 fully saturated rings. The molecule has 1 heterocycles. The first kappa shape index (κ1) is 17.1. The third-order valence-corrected chi connectivity index (χ3v) is 4.65. The van der Waals surface area contributed by atoms with Gasteiger partial charge in [-0.15, -0.1) is 0 Å². The van der Waals surface area contributed by atoms with Crippen LogP contribution < -0.4 is 15.2 Å². The fraction of sp³-hybridized carbons (Fsp3) is 0.667. The topological polar surface area (TPSA) is 47.7 Å². The van der Waals surface area contributed by atoms with Crippen molar-refractivity contribution in [2.75, 3.05) is 26.8 Å². The smallest absolute Gasteiger partial charge is 0.127 e. The molecule has 0 radical (unpaired) electrons. The Labute approximate surface area is 134 Å². The minimum atomic E-state index is 0.220. The fourth-order valence-electron chi connectivity index (χ4n) is 3.51. The summed E-state index contributed by atoms with van der Waals surface area (Å²) in [7, 11) is 1.68. The van der Waals surface area contributed by atoms with Gasteiger partial charge < -0.3 is 15.2 Å². The van der Waals surface area contributed by atoms with E-state index in [0.717, 1.165) is 18.0 Å². The SMILES string of the molecule is CCOc1cc(OC)ccc1C(CN)N1CCCCC1CC. The molecule has 0 spiro atoms. The Morgan fingerprint density at radius 2 is 2.14 bits per heavy atom. The van der Waals surface area contributed by atoms with Crippen molar-refractivity contribution in [3.63, 3.8) is 0 Å². The molecule has 124 valence electrons. The van der Waals surface area contributed by atoms with Crippen LogP contribution in [0.15, 0.2) is 18.2 Å². The van der Waals surface area contributed by atoms with Gasteiger partial charge in [0.1, 0.15) is 11.5 Å². The Bertz CT molecular complexity index is 464. The Hall–Kier alpha value is -1.26. The van der Waals surface area contributed by atoms with Crippen molar-refractivity contribution >= 4 is 0 Å². The van der Waals surface area contributed by atoms with Crippen LogP contribution in [-0.2, 0) is 0 Å². The summed E-state index contributed by atoms with van der Waals surface area (Å²) in [5, 5.41) is 0. The first-order valence-corrected chi connectivity index (χ1v) is 8.51. The molecule has 2 N–H and O–H groups in total. The summed E-state index contributed by atoms with van der Waals surface area (Å²) in [5.74, 6) is 1.73. The van der Waals surface area contributed by atoms with Crippen molar-refractivity contribution in [2.24, 2.45) is 5.73 Å². The van der Waals surface area contributed by atoms with Gasteiger partial charge in [-0.1, -0.05) is 19.4 Å². The van der Waals surface area contributed by atoms with Crippen LogP contribution in [0.4, 0.5) is 0 Å². The van der Waals surface area contributed by atoms with E-state index in [2.05, 4.69) is 17.9 Å². The van der Waals surface area contributed by atoms with Gasteiger partial charge in [-0.25, -0.2) is 0 Å². The first-order chi connectivity index (χ1) is 10.7. The minimum absolute atomic E-state index is 0.220. The number of hydrogen-bond acceptors (Lipinski definition) is 4. The number of methoxy groups -OCH3 is 1. The number of nitrogens with two attached hydrogens (primary N) is 1. The molecular formula is C18H30N2O2. The zero-order valence-electron chi connectivity index (χ0n) is 14.2. The highest BCUT2D eigenvalue weighted by Crippen LogP contribution is 2.36. The average Bonchev–Trinajstić information content (AvgIpc) is 2.57. The maximum Gasteiger partial charge on any atom is 0.127 e. The van der Waals surface area contributed by atoms with Crippen molar-refractivity contribution in [1.29, 1.82) is 0 Å². The third-order valence-electron chi connectivity index (χ3n) is 4.65. The molecule has 2 unspecified atom stereocenters. The molecule has 0 saturated carbocycles. The summed E-state index contributed by atoms with van der Waals surface area (Å²) in [4.78, 5) is 2.58. The van der Waals surface area contributed by atoms with Gasteiger partial charge in [-0.3, -0.25) is 4.90 Å². The zero-order chi connectivity index (χ0) is 15.9. The quantitative estimate of drug-likeness (QED) is 0.839. The molecule has 4 heteroatoms. The van der Waals surface area contributed by atoms with Crippen LogP contribution in [0.1, 0.15) is 51.1 Å². The number of ether oxygens (including phenoxy) is 2. The van der Waals surface area contributed by atoms with Crippen LogP contribution in [0, 0.1) is 0 Å². The molecule has 1 saturated heterocycles. The molecule has 0 aromatic heterocycles. The standard InChI is InChI=1S/C18H30N2O2/c1-4-14-8-6-7-11-20(14)17(13-19)16-10-9-15(21-3)12-18(16)22-5-2/h9-10,12,14,17H,4-8,11,13,19H2,1-3H3. The van der Waals surface area contributed by atoms with Gasteiger partial charge >= 0.3 is 0 Å². The molecule has 2 atom stereocenters. The van der Waals surface area contributed by atoms with Gasteiger partial charge in [0.05, 0.1) is 19.8 Å². The van der Waals surface area contributed by atoms with Crippen molar-refractivity contribution < 1.29 is 9.47 Å². The number of rotatable bonds is 7. The second-order valence-electron chi connectivity index (χ2n) is 5.88. The lowest BCUT2D eigenvalue weighted by Crippen LogP contribution is -2.44. The lowest BCUT2D eigenvalue weighted by molar-refractivity contribution is 0.0931. The van der Waals surface area contributed by atoms with E-state index in [0.29, 0.717) is 19.2 Å². The highest BCUT2D eigenvalue weighted by molar-refractivity contribution is 5.43. The highest BCUT2D eigenvalue weighted by Gasteiger charge is 2.29. The van der Waals surface area contributed by atoms with Gasteiger partial charge in [0.15, 0.2) is 0 Å². The summed E-state index contributed by atoms with van der Waals surface area (Å²) in [6.07, 6.45) is 5.03. The molecule has 0 bridgehead atoms. The molecule has 1 aromatic rings. The number of benzene rings is 1. The maximum absolute atomic E-state index is 6.16. The summed E-state index contributed by atoms with van der Waals surface area (Å²) < 4.78 is 11.2. The summed E-state index contributed by atoms with van der Waals surface area (Å²) in [6, 6.07) is 6.94. The first-order valence-electron chi connectivity index (χ1n) is 8.51. The largest absolute Gasteiger partial charge is 0.497 e. The van der Waals surface area contributed by atoms with Gasteiger partial charge in [0.25, 0.3) is 0 Å². The lowest BCUT2D eigenvalue weighted by Gasteiger charge is -2.41. The van der Waals surface area contributed by atoms with Crippen LogP contribution in [0.3, 0.4) is 0 Å². The molecule has 1 aromatic carbocycles. The number of hydrogen-bond donors (Lipinski definition) is 1. The van der Waals surface area contributed by atoms with Crippen LogP contribution in [-0.4, -0.2) is 37.7 Å². The van der Waals surface area contributed by atoms with E-state index in [9.17, 15) is 0 Å². The minimum Gasteiger partial charge on any atom is -0.497 e. The molecule has 22 heavy (non-hydrogen) atoms. The average molecular weight is 306 g/mol. The predicted molar refractivity (Wildman–Crippen MR) is 90.6 cm³/mol. The molecule has 0 aliphatic carbocycles. The molecule has 0 amide bonds. The number of likely N-dealkylation sites (tertiary alicyclic amines) is 1. The van der Waals surface area contributed by atoms with Crippen LogP contribution >= 0.6 is 0 Å². The molecule has 2 rings (SSSR count). The van der Waals surface area contributed by atoms with E-state index in [-0.39, 0.29) is 6.04 Å². The maximum atomic E-state index is 6.16. The van der Waals surface area contributed by atoms with Gasteiger partial charge in [-0.2, -0.15) is 0 Å². The third kappa shape index (κ3) is 3.73. The van der Waals surface area contributed by atoms with Gasteiger partial charge in [-0.05, 0) is 38.8 Å². The van der Waals surface area contributed by atoms with Crippen molar-refractivity contribution in [3.05, 3.63) is 23.8 Å². The normalized spacial score (nSPS) is 20.6. The van der Waals surface area contributed by atoms with E-state index in [1.165, 1.54) is 31.2 Å². The van der Waals surface area contributed by atoms with E-state index in [1.807, 2.05) is 19.1 Å². The second kappa shape index (κ2) is 8.39. The van der Waals surface area contributed by atoms with Crippen LogP contribution in [0.5, 0.6) is 11.5 Å². The van der Waals surface area contributed by atoms with E-state index in [1.54, 1.807) is 7.11 Å². The Kier molecular flexibility index (Phi) is 6.52. The Balaban J connectivity index is 2.32. The van der Waals surface area contributed by atoms with Gasteiger partial charge in [0, 0.05) is 24.2 Å². The van der Waals surface area contributed by atoms with Crippen molar-refractivity contribution in [2.45, 2.75) is 51.6 Å². The van der Waals surface area contributed by atoms with Crippen molar-refractivity contribution in [3.8, 4) is 11.5 Å². The van der Waals surface area contributed by atoms with E-state index >= 15 is 0 Å². The summed E-state index contributed by atoms with van der Waals surface area (Å²) in [6.45, 7) is 6.67. The predicted octanol–water partition coefficient (Wildman–Crippen LogP) is 3.36. The fourth-order valence-corrected chi connectivity index (χ4v) is 3.51. The molecule has 1 aliphatic rings. The van der Waals surface area contributed by atoms with Crippen LogP contribution in [0.2, 0.25) is 0 Å². The summed E-state index contributed by atoms with van der Waals surface area (Å²) in [5.41, 5.74) is 7.35. The monoisotopic (exact) mass is 306 g/mol. The number of piperidine rings is 1. The Morgan fingerprint density at radius 3 is 2.77 bits per heavy atom. The summed E-state index contributed by atoms with van der Waals surface area (Å²) >= 11 is 0. The lowest BCUT2D eigenvalue weighted by atomic mass is 9.94. The van der Waals surface area contributed by atoms with Crippen LogP contribution in [0.25, 0.3) is 0 Å². The molecule has 1 aliphatic heterocycles. The van der Waals surface area contributed by atoms with Gasteiger partial charge in [0.2, 0.25) is 0 Å². The second-order valence-corrected chi connectivity index (χ2v) is 5.88. The number of nitrogens with zero attached hydrogens (tertiary/aromatic N) is 1. The highest BCUT2D eigenvalue weighted by atomic mass is 16.5. The van der Waals surface area contributed by atoms with E-state index < -0.39 is 0 Å². The van der Waals surface area contributed by atoms with Crippen molar-refractivity contribution in [1.82, 2.24) is 4.90 Å².